The quantitative estimate of drug-likeness (QED) is 0.868. The summed E-state index contributed by atoms with van der Waals surface area (Å²) in [6.45, 7) is 3.34. The van der Waals surface area contributed by atoms with Gasteiger partial charge >= 0.3 is 12.1 Å². The van der Waals surface area contributed by atoms with Gasteiger partial charge in [-0.25, -0.2) is 14.8 Å². The van der Waals surface area contributed by atoms with Gasteiger partial charge in [0.15, 0.2) is 5.69 Å². The lowest BCUT2D eigenvalue weighted by Gasteiger charge is -2.12. The molecule has 1 aromatic heterocycles. The van der Waals surface area contributed by atoms with Gasteiger partial charge in [0.05, 0.1) is 6.61 Å². The number of nitrogens with one attached hydrogen (secondary N) is 1. The van der Waals surface area contributed by atoms with Gasteiger partial charge in [-0.05, 0) is 26.0 Å². The van der Waals surface area contributed by atoms with E-state index >= 15 is 0 Å². The molecule has 0 aliphatic rings. The predicted octanol–water partition coefficient (Wildman–Crippen LogP) is 3.72. The zero-order valence-corrected chi connectivity index (χ0v) is 12.4. The van der Waals surface area contributed by atoms with Crippen molar-refractivity contribution in [3.63, 3.8) is 0 Å². The van der Waals surface area contributed by atoms with Crippen LogP contribution in [0.25, 0.3) is 0 Å². The fourth-order valence-corrected chi connectivity index (χ4v) is 1.78. The van der Waals surface area contributed by atoms with E-state index in [2.05, 4.69) is 20.0 Å². The molecule has 0 fully saturated rings. The molecule has 122 valence electrons. The number of rotatable bonds is 4. The Labute approximate surface area is 130 Å². The van der Waals surface area contributed by atoms with Crippen molar-refractivity contribution in [2.75, 3.05) is 11.9 Å². The molecule has 0 spiro atoms. The molecule has 1 N–H and O–H groups in total. The Morgan fingerprint density at radius 3 is 2.48 bits per heavy atom. The molecule has 0 aliphatic heterocycles. The van der Waals surface area contributed by atoms with Crippen molar-refractivity contribution in [2.45, 2.75) is 20.0 Å². The second-order valence-electron chi connectivity index (χ2n) is 4.67. The Bertz CT molecular complexity index is 700. The molecule has 0 bridgehead atoms. The van der Waals surface area contributed by atoms with E-state index in [1.54, 1.807) is 24.3 Å². The molecule has 1 heterocycles. The monoisotopic (exact) mass is 325 g/mol. The van der Waals surface area contributed by atoms with E-state index in [9.17, 15) is 18.0 Å². The van der Waals surface area contributed by atoms with Crippen LogP contribution in [0.1, 0.15) is 28.5 Å². The molecule has 1 aromatic carbocycles. The van der Waals surface area contributed by atoms with Crippen molar-refractivity contribution in [2.24, 2.45) is 0 Å². The average Bonchev–Trinajstić information content (AvgIpc) is 2.49. The molecule has 0 amide bonds. The summed E-state index contributed by atoms with van der Waals surface area (Å²) in [4.78, 5) is 18.8. The summed E-state index contributed by atoms with van der Waals surface area (Å²) in [5, 5.41) is 2.67. The largest absolute Gasteiger partial charge is 0.462 e. The van der Waals surface area contributed by atoms with Crippen LogP contribution in [0.2, 0.25) is 0 Å². The van der Waals surface area contributed by atoms with E-state index in [1.165, 1.54) is 6.92 Å². The topological polar surface area (TPSA) is 64.1 Å². The smallest absolute Gasteiger partial charge is 0.434 e. The summed E-state index contributed by atoms with van der Waals surface area (Å²) in [5.41, 5.74) is -0.507. The van der Waals surface area contributed by atoms with Crippen LogP contribution < -0.4 is 5.32 Å². The number of aromatic nitrogens is 2. The molecule has 0 saturated heterocycles. The summed E-state index contributed by atoms with van der Waals surface area (Å²) in [6.07, 6.45) is -3.99. The Balaban J connectivity index is 2.36. The molecule has 0 aliphatic carbocycles. The van der Waals surface area contributed by atoms with Crippen molar-refractivity contribution in [3.8, 4) is 0 Å². The summed E-state index contributed by atoms with van der Waals surface area (Å²) in [7, 11) is 0. The van der Waals surface area contributed by atoms with Gasteiger partial charge < -0.3 is 10.1 Å². The minimum absolute atomic E-state index is 0.0422. The molecule has 0 saturated carbocycles. The molecular weight excluding hydrogens is 311 g/mol. The lowest BCUT2D eigenvalue weighted by molar-refractivity contribution is -0.141. The van der Waals surface area contributed by atoms with E-state index in [4.69, 9.17) is 0 Å². The fraction of sp³-hybridized carbons (Fsp3) is 0.267. The highest BCUT2D eigenvalue weighted by atomic mass is 19.4. The second kappa shape index (κ2) is 6.64. The van der Waals surface area contributed by atoms with Crippen LogP contribution in [0.3, 0.4) is 0 Å². The first-order valence-electron chi connectivity index (χ1n) is 6.76. The first-order chi connectivity index (χ1) is 10.8. The van der Waals surface area contributed by atoms with E-state index in [-0.39, 0.29) is 12.6 Å². The Morgan fingerprint density at radius 2 is 1.91 bits per heavy atom. The summed E-state index contributed by atoms with van der Waals surface area (Å²) < 4.78 is 43.9. The molecule has 0 radical (unpaired) electrons. The summed E-state index contributed by atoms with van der Waals surface area (Å²) >= 11 is 0. The van der Waals surface area contributed by atoms with Crippen LogP contribution in [0.5, 0.6) is 0 Å². The number of ether oxygens (including phenoxy) is 1. The van der Waals surface area contributed by atoms with Gasteiger partial charge in [-0.2, -0.15) is 13.2 Å². The molecule has 23 heavy (non-hydrogen) atoms. The van der Waals surface area contributed by atoms with Crippen LogP contribution in [-0.2, 0) is 10.9 Å². The fourth-order valence-electron chi connectivity index (χ4n) is 1.78. The Hall–Kier alpha value is -2.64. The van der Waals surface area contributed by atoms with Crippen LogP contribution in [0.15, 0.2) is 30.5 Å². The van der Waals surface area contributed by atoms with Crippen LogP contribution in [0, 0.1) is 6.92 Å². The van der Waals surface area contributed by atoms with Crippen LogP contribution in [0.4, 0.5) is 24.8 Å². The number of carbonyl (C=O) groups is 1. The standard InChI is InChI=1S/C15H14F3N3O2/c1-3-23-13(22)11-8-19-14(21-12(11)15(16,17)18)20-10-6-4-9(2)5-7-10/h4-8H,3H2,1-2H3,(H,19,20,21). The second-order valence-corrected chi connectivity index (χ2v) is 4.67. The average molecular weight is 325 g/mol. The normalized spacial score (nSPS) is 11.2. The van der Waals surface area contributed by atoms with Crippen LogP contribution in [-0.4, -0.2) is 22.5 Å². The van der Waals surface area contributed by atoms with Crippen molar-refractivity contribution in [1.82, 2.24) is 9.97 Å². The lowest BCUT2D eigenvalue weighted by Crippen LogP contribution is -2.19. The lowest BCUT2D eigenvalue weighted by atomic mass is 10.2. The highest BCUT2D eigenvalue weighted by Gasteiger charge is 2.38. The molecule has 2 aromatic rings. The summed E-state index contributed by atoms with van der Waals surface area (Å²) in [5.74, 6) is -1.36. The number of esters is 1. The minimum Gasteiger partial charge on any atom is -0.462 e. The van der Waals surface area contributed by atoms with E-state index in [0.717, 1.165) is 11.8 Å². The number of aryl methyl sites for hydroxylation is 1. The Kier molecular flexibility index (Phi) is 4.83. The third kappa shape index (κ3) is 4.18. The molecule has 5 nitrogen and oxygen atoms in total. The maximum atomic E-state index is 13.1. The van der Waals surface area contributed by atoms with E-state index < -0.39 is 23.4 Å². The third-order valence-corrected chi connectivity index (χ3v) is 2.86. The number of anilines is 2. The molecule has 0 unspecified atom stereocenters. The number of halogens is 3. The highest BCUT2D eigenvalue weighted by Crippen LogP contribution is 2.31. The first-order valence-corrected chi connectivity index (χ1v) is 6.76. The Morgan fingerprint density at radius 1 is 1.26 bits per heavy atom. The number of hydrogen-bond donors (Lipinski definition) is 1. The van der Waals surface area contributed by atoms with Crippen molar-refractivity contribution < 1.29 is 22.7 Å². The zero-order chi connectivity index (χ0) is 17.0. The molecule has 2 rings (SSSR count). The van der Waals surface area contributed by atoms with Gasteiger partial charge in [-0.3, -0.25) is 0 Å². The zero-order valence-electron chi connectivity index (χ0n) is 12.4. The van der Waals surface area contributed by atoms with E-state index in [0.29, 0.717) is 5.69 Å². The predicted molar refractivity (Wildman–Crippen MR) is 77.5 cm³/mol. The number of alkyl halides is 3. The molecular formula is C15H14F3N3O2. The van der Waals surface area contributed by atoms with Crippen LogP contribution >= 0.6 is 0 Å². The van der Waals surface area contributed by atoms with Gasteiger partial charge in [0.1, 0.15) is 5.56 Å². The van der Waals surface area contributed by atoms with Gasteiger partial charge in [0.25, 0.3) is 0 Å². The van der Waals surface area contributed by atoms with Crippen molar-refractivity contribution >= 4 is 17.6 Å². The summed E-state index contributed by atoms with van der Waals surface area (Å²) in [6, 6.07) is 6.95. The van der Waals surface area contributed by atoms with E-state index in [1.807, 2.05) is 6.92 Å². The molecule has 8 heteroatoms. The van der Waals surface area contributed by atoms with Crippen molar-refractivity contribution in [3.05, 3.63) is 47.3 Å². The highest BCUT2D eigenvalue weighted by molar-refractivity contribution is 5.90. The number of hydrogen-bond acceptors (Lipinski definition) is 5. The van der Waals surface area contributed by atoms with Gasteiger partial charge in [0, 0.05) is 11.9 Å². The first kappa shape index (κ1) is 16.7. The maximum Gasteiger partial charge on any atom is 0.434 e. The number of benzene rings is 1. The third-order valence-electron chi connectivity index (χ3n) is 2.86. The number of nitrogens with zero attached hydrogens (tertiary/aromatic N) is 2. The van der Waals surface area contributed by atoms with Gasteiger partial charge in [-0.1, -0.05) is 17.7 Å². The SMILES string of the molecule is CCOC(=O)c1cnc(Nc2ccc(C)cc2)nc1C(F)(F)F. The molecule has 0 atom stereocenters. The van der Waals surface area contributed by atoms with Crippen molar-refractivity contribution in [1.29, 1.82) is 0 Å². The maximum absolute atomic E-state index is 13.1. The minimum atomic E-state index is -4.80. The van der Waals surface area contributed by atoms with Gasteiger partial charge in [-0.15, -0.1) is 0 Å². The number of carbonyl (C=O) groups excluding carboxylic acids is 1. The van der Waals surface area contributed by atoms with Gasteiger partial charge in [0.2, 0.25) is 5.95 Å².